The highest BCUT2D eigenvalue weighted by Crippen LogP contribution is 2.14. The smallest absolute Gasteiger partial charge is 0.124 e. The molecule has 1 aromatic rings. The SMILES string of the molecule is COCC(C)CNCc1cc(F)cc(Br)c1. The van der Waals surface area contributed by atoms with Crippen LogP contribution in [0.25, 0.3) is 0 Å². The minimum atomic E-state index is -0.212. The lowest BCUT2D eigenvalue weighted by atomic mass is 10.2. The first-order valence-electron chi connectivity index (χ1n) is 5.26. The van der Waals surface area contributed by atoms with Gasteiger partial charge in [-0.2, -0.15) is 0 Å². The zero-order valence-electron chi connectivity index (χ0n) is 9.59. The number of methoxy groups -OCH3 is 1. The van der Waals surface area contributed by atoms with Crippen LogP contribution in [0.2, 0.25) is 0 Å². The van der Waals surface area contributed by atoms with Crippen LogP contribution in [-0.4, -0.2) is 20.3 Å². The second-order valence-electron chi connectivity index (χ2n) is 3.97. The average Bonchev–Trinajstić information content (AvgIpc) is 2.16. The van der Waals surface area contributed by atoms with E-state index in [0.717, 1.165) is 23.2 Å². The van der Waals surface area contributed by atoms with Crippen LogP contribution in [-0.2, 0) is 11.3 Å². The number of hydrogen-bond donors (Lipinski definition) is 1. The van der Waals surface area contributed by atoms with Gasteiger partial charge in [-0.1, -0.05) is 22.9 Å². The van der Waals surface area contributed by atoms with E-state index in [1.54, 1.807) is 13.2 Å². The van der Waals surface area contributed by atoms with Gasteiger partial charge in [0, 0.05) is 31.3 Å². The molecular weight excluding hydrogens is 273 g/mol. The Hall–Kier alpha value is -0.450. The molecule has 2 nitrogen and oxygen atoms in total. The molecule has 1 N–H and O–H groups in total. The van der Waals surface area contributed by atoms with Crippen molar-refractivity contribution >= 4 is 15.9 Å². The summed E-state index contributed by atoms with van der Waals surface area (Å²) in [5.74, 6) is 0.248. The third kappa shape index (κ3) is 5.05. The fourth-order valence-corrected chi connectivity index (χ4v) is 2.03. The highest BCUT2D eigenvalue weighted by molar-refractivity contribution is 9.10. The summed E-state index contributed by atoms with van der Waals surface area (Å²) in [5.41, 5.74) is 0.941. The van der Waals surface area contributed by atoms with E-state index in [-0.39, 0.29) is 5.82 Å². The molecule has 0 aliphatic carbocycles. The largest absolute Gasteiger partial charge is 0.384 e. The zero-order chi connectivity index (χ0) is 12.0. The topological polar surface area (TPSA) is 21.3 Å². The maximum Gasteiger partial charge on any atom is 0.124 e. The molecule has 0 saturated carbocycles. The van der Waals surface area contributed by atoms with E-state index in [1.165, 1.54) is 6.07 Å². The second kappa shape index (κ2) is 6.99. The molecule has 0 aliphatic rings. The first kappa shape index (κ1) is 13.6. The quantitative estimate of drug-likeness (QED) is 0.869. The summed E-state index contributed by atoms with van der Waals surface area (Å²) in [4.78, 5) is 0. The van der Waals surface area contributed by atoms with Crippen molar-refractivity contribution < 1.29 is 9.13 Å². The molecule has 1 unspecified atom stereocenters. The van der Waals surface area contributed by atoms with Crippen LogP contribution in [0.15, 0.2) is 22.7 Å². The molecule has 0 radical (unpaired) electrons. The van der Waals surface area contributed by atoms with E-state index >= 15 is 0 Å². The molecule has 0 aliphatic heterocycles. The number of nitrogens with one attached hydrogen (secondary N) is 1. The number of benzene rings is 1. The highest BCUT2D eigenvalue weighted by atomic mass is 79.9. The summed E-state index contributed by atoms with van der Waals surface area (Å²) >= 11 is 3.27. The summed E-state index contributed by atoms with van der Waals surface area (Å²) < 4.78 is 18.9. The predicted molar refractivity (Wildman–Crippen MR) is 66.8 cm³/mol. The standard InChI is InChI=1S/C12H17BrFNO/c1-9(8-16-2)6-15-7-10-3-11(13)5-12(14)4-10/h3-5,9,15H,6-8H2,1-2H3. The van der Waals surface area contributed by atoms with Gasteiger partial charge < -0.3 is 10.1 Å². The summed E-state index contributed by atoms with van der Waals surface area (Å²) in [5, 5.41) is 3.27. The van der Waals surface area contributed by atoms with E-state index < -0.39 is 0 Å². The van der Waals surface area contributed by atoms with Gasteiger partial charge in [-0.15, -0.1) is 0 Å². The van der Waals surface area contributed by atoms with Crippen molar-refractivity contribution in [2.24, 2.45) is 5.92 Å². The third-order valence-corrected chi connectivity index (χ3v) is 2.65. The molecule has 90 valence electrons. The number of ether oxygens (including phenoxy) is 1. The van der Waals surface area contributed by atoms with E-state index in [4.69, 9.17) is 4.74 Å². The molecule has 1 rings (SSSR count). The molecule has 1 aromatic carbocycles. The van der Waals surface area contributed by atoms with Gasteiger partial charge in [0.2, 0.25) is 0 Å². The van der Waals surface area contributed by atoms with E-state index in [1.807, 2.05) is 6.07 Å². The van der Waals surface area contributed by atoms with Crippen LogP contribution in [0.1, 0.15) is 12.5 Å². The van der Waals surface area contributed by atoms with Crippen molar-refractivity contribution in [1.82, 2.24) is 5.32 Å². The Kier molecular flexibility index (Phi) is 5.95. The van der Waals surface area contributed by atoms with Gasteiger partial charge in [0.15, 0.2) is 0 Å². The van der Waals surface area contributed by atoms with Crippen LogP contribution in [0, 0.1) is 11.7 Å². The van der Waals surface area contributed by atoms with Crippen LogP contribution in [0.4, 0.5) is 4.39 Å². The Morgan fingerprint density at radius 2 is 2.19 bits per heavy atom. The van der Waals surface area contributed by atoms with Crippen molar-refractivity contribution in [2.75, 3.05) is 20.3 Å². The van der Waals surface area contributed by atoms with Crippen LogP contribution in [0.3, 0.4) is 0 Å². The number of rotatable bonds is 6. The van der Waals surface area contributed by atoms with Crippen molar-refractivity contribution in [3.8, 4) is 0 Å². The third-order valence-electron chi connectivity index (χ3n) is 2.20. The van der Waals surface area contributed by atoms with E-state index in [2.05, 4.69) is 28.2 Å². The number of hydrogen-bond acceptors (Lipinski definition) is 2. The molecule has 0 saturated heterocycles. The fourth-order valence-electron chi connectivity index (χ4n) is 1.52. The molecule has 0 fully saturated rings. The summed E-state index contributed by atoms with van der Waals surface area (Å²) in [6.45, 7) is 4.38. The molecule has 0 amide bonds. The lowest BCUT2D eigenvalue weighted by molar-refractivity contribution is 0.158. The zero-order valence-corrected chi connectivity index (χ0v) is 11.2. The van der Waals surface area contributed by atoms with Crippen LogP contribution in [0.5, 0.6) is 0 Å². The van der Waals surface area contributed by atoms with Crippen molar-refractivity contribution in [1.29, 1.82) is 0 Å². The second-order valence-corrected chi connectivity index (χ2v) is 4.88. The molecule has 1 atom stereocenters. The van der Waals surface area contributed by atoms with E-state index in [0.29, 0.717) is 12.5 Å². The molecule has 0 spiro atoms. The Labute approximate surface area is 104 Å². The summed E-state index contributed by atoms with van der Waals surface area (Å²) in [6, 6.07) is 4.91. The molecule has 0 heterocycles. The minimum absolute atomic E-state index is 0.212. The normalized spacial score (nSPS) is 12.8. The Bertz CT molecular complexity index is 313. The molecule has 0 bridgehead atoms. The highest BCUT2D eigenvalue weighted by Gasteiger charge is 2.02. The molecule has 0 aromatic heterocycles. The van der Waals surface area contributed by atoms with Crippen LogP contribution >= 0.6 is 15.9 Å². The Morgan fingerprint density at radius 1 is 1.44 bits per heavy atom. The summed E-state index contributed by atoms with van der Waals surface area (Å²) in [7, 11) is 1.69. The lowest BCUT2D eigenvalue weighted by Crippen LogP contribution is -2.23. The van der Waals surface area contributed by atoms with Gasteiger partial charge in [-0.25, -0.2) is 4.39 Å². The van der Waals surface area contributed by atoms with Crippen LogP contribution < -0.4 is 5.32 Å². The van der Waals surface area contributed by atoms with Crippen molar-refractivity contribution in [3.63, 3.8) is 0 Å². The lowest BCUT2D eigenvalue weighted by Gasteiger charge is -2.11. The predicted octanol–water partition coefficient (Wildman–Crippen LogP) is 2.96. The van der Waals surface area contributed by atoms with Gasteiger partial charge in [0.1, 0.15) is 5.82 Å². The minimum Gasteiger partial charge on any atom is -0.384 e. The first-order chi connectivity index (χ1) is 7.61. The van der Waals surface area contributed by atoms with Gasteiger partial charge in [0.05, 0.1) is 0 Å². The van der Waals surface area contributed by atoms with Gasteiger partial charge in [0.25, 0.3) is 0 Å². The molecular formula is C12H17BrFNO. The molecule has 16 heavy (non-hydrogen) atoms. The van der Waals surface area contributed by atoms with Crippen molar-refractivity contribution in [3.05, 3.63) is 34.1 Å². The number of halogens is 2. The monoisotopic (exact) mass is 289 g/mol. The van der Waals surface area contributed by atoms with Gasteiger partial charge in [-0.05, 0) is 29.7 Å². The summed E-state index contributed by atoms with van der Waals surface area (Å²) in [6.07, 6.45) is 0. The average molecular weight is 290 g/mol. The Balaban J connectivity index is 2.37. The van der Waals surface area contributed by atoms with E-state index in [9.17, 15) is 4.39 Å². The van der Waals surface area contributed by atoms with Gasteiger partial charge >= 0.3 is 0 Å². The fraction of sp³-hybridized carbons (Fsp3) is 0.500. The molecule has 4 heteroatoms. The first-order valence-corrected chi connectivity index (χ1v) is 6.05. The van der Waals surface area contributed by atoms with Crippen molar-refractivity contribution in [2.45, 2.75) is 13.5 Å². The maximum atomic E-state index is 13.1. The Morgan fingerprint density at radius 3 is 2.81 bits per heavy atom. The maximum absolute atomic E-state index is 13.1. The van der Waals surface area contributed by atoms with Gasteiger partial charge in [-0.3, -0.25) is 0 Å².